The molecule has 1 aromatic heterocycles. The van der Waals surface area contributed by atoms with Crippen molar-refractivity contribution in [3.05, 3.63) is 56.9 Å². The molecule has 2 aromatic rings. The first-order valence-corrected chi connectivity index (χ1v) is 6.03. The molecule has 0 amide bonds. The summed E-state index contributed by atoms with van der Waals surface area (Å²) >= 11 is 0. The van der Waals surface area contributed by atoms with Crippen LogP contribution in [0.1, 0.15) is 5.56 Å². The molecule has 0 aliphatic carbocycles. The number of aromatic nitrogens is 2. The summed E-state index contributed by atoms with van der Waals surface area (Å²) in [6, 6.07) is 7.65. The van der Waals surface area contributed by atoms with Crippen LogP contribution in [0.5, 0.6) is 5.75 Å². The van der Waals surface area contributed by atoms with E-state index in [4.69, 9.17) is 4.74 Å². The van der Waals surface area contributed by atoms with Gasteiger partial charge < -0.3 is 15.0 Å². The zero-order valence-corrected chi connectivity index (χ0v) is 10.1. The van der Waals surface area contributed by atoms with Gasteiger partial charge in [-0.15, -0.1) is 0 Å². The molecule has 0 radical (unpaired) electrons. The number of ether oxygens (including phenoxy) is 1. The SMILES string of the molecule is O=c1[nH]cc(CC2CNc3ccccc3O2)c(=O)[nH]1. The van der Waals surface area contributed by atoms with Crippen LogP contribution in [0.25, 0.3) is 0 Å². The fourth-order valence-corrected chi connectivity index (χ4v) is 2.11. The molecule has 19 heavy (non-hydrogen) atoms. The van der Waals surface area contributed by atoms with E-state index in [1.807, 2.05) is 24.3 Å². The molecular weight excluding hydrogens is 246 g/mol. The first-order chi connectivity index (χ1) is 9.22. The first-order valence-electron chi connectivity index (χ1n) is 6.03. The largest absolute Gasteiger partial charge is 0.486 e. The predicted octanol–water partition coefficient (Wildman–Crippen LogP) is 0.479. The van der Waals surface area contributed by atoms with Crippen molar-refractivity contribution in [2.75, 3.05) is 11.9 Å². The highest BCUT2D eigenvalue weighted by Crippen LogP contribution is 2.28. The van der Waals surface area contributed by atoms with E-state index in [2.05, 4.69) is 15.3 Å². The highest BCUT2D eigenvalue weighted by atomic mass is 16.5. The average Bonchev–Trinajstić information content (AvgIpc) is 2.42. The van der Waals surface area contributed by atoms with Gasteiger partial charge in [0.15, 0.2) is 0 Å². The molecule has 1 aromatic carbocycles. The van der Waals surface area contributed by atoms with Crippen LogP contribution in [-0.4, -0.2) is 22.6 Å². The Labute approximate surface area is 108 Å². The second-order valence-corrected chi connectivity index (χ2v) is 4.42. The quantitative estimate of drug-likeness (QED) is 0.732. The molecule has 1 atom stereocenters. The van der Waals surface area contributed by atoms with Crippen molar-refractivity contribution < 1.29 is 4.74 Å². The molecule has 1 unspecified atom stereocenters. The van der Waals surface area contributed by atoms with Crippen LogP contribution in [0.4, 0.5) is 5.69 Å². The van der Waals surface area contributed by atoms with Crippen molar-refractivity contribution in [2.45, 2.75) is 12.5 Å². The fraction of sp³-hybridized carbons (Fsp3) is 0.231. The number of H-pyrrole nitrogens is 2. The molecule has 2 heterocycles. The van der Waals surface area contributed by atoms with Gasteiger partial charge in [-0.25, -0.2) is 4.79 Å². The molecule has 0 saturated carbocycles. The van der Waals surface area contributed by atoms with E-state index < -0.39 is 5.69 Å². The number of aromatic amines is 2. The highest BCUT2D eigenvalue weighted by Gasteiger charge is 2.20. The smallest absolute Gasteiger partial charge is 0.325 e. The molecule has 0 saturated heterocycles. The predicted molar refractivity (Wildman–Crippen MR) is 70.7 cm³/mol. The number of hydrogen-bond donors (Lipinski definition) is 3. The maximum absolute atomic E-state index is 11.6. The minimum atomic E-state index is -0.498. The normalized spacial score (nSPS) is 17.2. The number of anilines is 1. The Hall–Kier alpha value is -2.50. The third-order valence-electron chi connectivity index (χ3n) is 3.04. The Kier molecular flexibility index (Phi) is 2.83. The number of rotatable bonds is 2. The van der Waals surface area contributed by atoms with E-state index in [0.29, 0.717) is 18.5 Å². The van der Waals surface area contributed by atoms with Crippen LogP contribution in [0.3, 0.4) is 0 Å². The minimum Gasteiger partial charge on any atom is -0.486 e. The molecule has 1 aliphatic rings. The molecule has 3 N–H and O–H groups in total. The van der Waals surface area contributed by atoms with Gasteiger partial charge in [-0.1, -0.05) is 12.1 Å². The summed E-state index contributed by atoms with van der Waals surface area (Å²) in [5.74, 6) is 0.777. The summed E-state index contributed by atoms with van der Waals surface area (Å²) in [5, 5.41) is 3.25. The van der Waals surface area contributed by atoms with Crippen LogP contribution >= 0.6 is 0 Å². The Balaban J connectivity index is 1.79. The monoisotopic (exact) mass is 259 g/mol. The highest BCUT2D eigenvalue weighted by molar-refractivity contribution is 5.57. The molecule has 6 heteroatoms. The third kappa shape index (κ3) is 2.37. The van der Waals surface area contributed by atoms with Gasteiger partial charge in [0.05, 0.1) is 12.2 Å². The van der Waals surface area contributed by atoms with Gasteiger partial charge in [-0.2, -0.15) is 0 Å². The number of para-hydroxylation sites is 2. The van der Waals surface area contributed by atoms with E-state index in [-0.39, 0.29) is 11.7 Å². The molecule has 0 fully saturated rings. The second-order valence-electron chi connectivity index (χ2n) is 4.42. The van der Waals surface area contributed by atoms with E-state index in [9.17, 15) is 9.59 Å². The molecule has 6 nitrogen and oxygen atoms in total. The zero-order chi connectivity index (χ0) is 13.2. The van der Waals surface area contributed by atoms with E-state index >= 15 is 0 Å². The molecule has 0 bridgehead atoms. The van der Waals surface area contributed by atoms with Crippen LogP contribution < -0.4 is 21.3 Å². The van der Waals surface area contributed by atoms with E-state index in [1.165, 1.54) is 6.20 Å². The van der Waals surface area contributed by atoms with Gasteiger partial charge in [-0.05, 0) is 12.1 Å². The van der Waals surface area contributed by atoms with Crippen LogP contribution in [0.2, 0.25) is 0 Å². The van der Waals surface area contributed by atoms with Gasteiger partial charge in [0.2, 0.25) is 0 Å². The van der Waals surface area contributed by atoms with Crippen LogP contribution in [0.15, 0.2) is 40.1 Å². The molecule has 0 spiro atoms. The maximum Gasteiger partial charge on any atom is 0.325 e. The van der Waals surface area contributed by atoms with Crippen molar-refractivity contribution >= 4 is 5.69 Å². The lowest BCUT2D eigenvalue weighted by atomic mass is 10.1. The summed E-state index contributed by atoms with van der Waals surface area (Å²) in [5.41, 5.74) is 0.591. The Morgan fingerprint density at radius 2 is 2.11 bits per heavy atom. The fourth-order valence-electron chi connectivity index (χ4n) is 2.11. The Bertz CT molecular complexity index is 705. The standard InChI is InChI=1S/C13H13N3O3/c17-12-8(6-15-13(18)16-12)5-9-7-14-10-3-1-2-4-11(10)19-9/h1-4,6,9,14H,5,7H2,(H2,15,16,17,18). The minimum absolute atomic E-state index is 0.137. The van der Waals surface area contributed by atoms with Crippen LogP contribution in [0, 0.1) is 0 Å². The van der Waals surface area contributed by atoms with Crippen molar-refractivity contribution in [1.29, 1.82) is 0 Å². The molecule has 3 rings (SSSR count). The lowest BCUT2D eigenvalue weighted by Gasteiger charge is -2.27. The van der Waals surface area contributed by atoms with Crippen LogP contribution in [-0.2, 0) is 6.42 Å². The van der Waals surface area contributed by atoms with Gasteiger partial charge >= 0.3 is 5.69 Å². The number of nitrogens with one attached hydrogen (secondary N) is 3. The third-order valence-corrected chi connectivity index (χ3v) is 3.04. The van der Waals surface area contributed by atoms with Gasteiger partial charge in [-0.3, -0.25) is 9.78 Å². The van der Waals surface area contributed by atoms with E-state index in [1.54, 1.807) is 0 Å². The summed E-state index contributed by atoms with van der Waals surface area (Å²) in [4.78, 5) is 27.2. The molecule has 98 valence electrons. The Morgan fingerprint density at radius 1 is 1.26 bits per heavy atom. The average molecular weight is 259 g/mol. The van der Waals surface area contributed by atoms with Crippen molar-refractivity contribution in [3.8, 4) is 5.75 Å². The molecule has 1 aliphatic heterocycles. The van der Waals surface area contributed by atoms with E-state index in [0.717, 1.165) is 11.4 Å². The maximum atomic E-state index is 11.6. The Morgan fingerprint density at radius 3 is 2.95 bits per heavy atom. The topological polar surface area (TPSA) is 87.0 Å². The lowest BCUT2D eigenvalue weighted by Crippen LogP contribution is -2.35. The summed E-state index contributed by atoms with van der Waals surface area (Å²) in [7, 11) is 0. The number of benzene rings is 1. The number of hydrogen-bond acceptors (Lipinski definition) is 4. The first kappa shape index (κ1) is 11.6. The van der Waals surface area contributed by atoms with Crippen molar-refractivity contribution in [3.63, 3.8) is 0 Å². The van der Waals surface area contributed by atoms with Gasteiger partial charge in [0, 0.05) is 18.2 Å². The van der Waals surface area contributed by atoms with Crippen molar-refractivity contribution in [2.24, 2.45) is 0 Å². The summed E-state index contributed by atoms with van der Waals surface area (Å²) < 4.78 is 5.81. The summed E-state index contributed by atoms with van der Waals surface area (Å²) in [6.07, 6.45) is 1.74. The second kappa shape index (κ2) is 4.64. The van der Waals surface area contributed by atoms with Gasteiger partial charge in [0.25, 0.3) is 5.56 Å². The summed E-state index contributed by atoms with van der Waals surface area (Å²) in [6.45, 7) is 0.621. The molecular formula is C13H13N3O3. The van der Waals surface area contributed by atoms with Crippen molar-refractivity contribution in [1.82, 2.24) is 9.97 Å². The van der Waals surface area contributed by atoms with Gasteiger partial charge in [0.1, 0.15) is 11.9 Å². The lowest BCUT2D eigenvalue weighted by molar-refractivity contribution is 0.206. The zero-order valence-electron chi connectivity index (χ0n) is 10.1. The number of fused-ring (bicyclic) bond motifs is 1.